The average Bonchev–Trinajstić information content (AvgIpc) is 3.67. The van der Waals surface area contributed by atoms with E-state index in [0.717, 1.165) is 35.1 Å². The Morgan fingerprint density at radius 1 is 0.673 bits per heavy atom. The molecule has 3 fully saturated rings. The first-order chi connectivity index (χ1) is 25.3. The molecule has 2 saturated carbocycles. The van der Waals surface area contributed by atoms with E-state index in [1.807, 2.05) is 78.9 Å². The minimum absolute atomic E-state index is 0.0331. The van der Waals surface area contributed by atoms with Crippen LogP contribution in [-0.4, -0.2) is 43.4 Å². The summed E-state index contributed by atoms with van der Waals surface area (Å²) in [7, 11) is 0. The summed E-state index contributed by atoms with van der Waals surface area (Å²) in [5.74, 6) is 0.588. The van der Waals surface area contributed by atoms with E-state index >= 15 is 0 Å². The van der Waals surface area contributed by atoms with Crippen LogP contribution in [0.2, 0.25) is 0 Å². The fourth-order valence-electron chi connectivity index (χ4n) is 8.76. The third-order valence-corrected chi connectivity index (χ3v) is 11.5. The van der Waals surface area contributed by atoms with Gasteiger partial charge in [0.15, 0.2) is 6.29 Å². The van der Waals surface area contributed by atoms with Gasteiger partial charge in [-0.1, -0.05) is 130 Å². The maximum Gasteiger partial charge on any atom is 0.187 e. The Balaban J connectivity index is 1.24. The largest absolute Gasteiger partial charge is 0.374 e. The Hall–Kier alpha value is -3.87. The molecule has 1 aliphatic heterocycles. The summed E-state index contributed by atoms with van der Waals surface area (Å²) in [5, 5.41) is 9.91. The molecule has 0 amide bonds. The van der Waals surface area contributed by atoms with E-state index in [-0.39, 0.29) is 30.1 Å². The zero-order chi connectivity index (χ0) is 36.0. The van der Waals surface area contributed by atoms with Crippen LogP contribution >= 0.6 is 0 Å². The maximum absolute atomic E-state index is 9.91. The summed E-state index contributed by atoms with van der Waals surface area (Å²) in [4.78, 5) is 0. The van der Waals surface area contributed by atoms with Crippen molar-refractivity contribution in [3.63, 3.8) is 0 Å². The van der Waals surface area contributed by atoms with Crippen molar-refractivity contribution < 1.29 is 28.4 Å². The number of ether oxygens (including phenoxy) is 6. The van der Waals surface area contributed by atoms with Crippen LogP contribution in [0.1, 0.15) is 67.9 Å². The second-order valence-corrected chi connectivity index (χ2v) is 15.5. The molecular weight excluding hydrogens is 650 g/mol. The molecule has 2 bridgehead atoms. The van der Waals surface area contributed by atoms with Gasteiger partial charge in [-0.2, -0.15) is 5.26 Å². The number of rotatable bonds is 15. The number of hydrogen-bond donors (Lipinski definition) is 0. The molecule has 7 rings (SSSR count). The molecule has 4 aromatic rings. The minimum atomic E-state index is -0.766. The Bertz CT molecular complexity index is 1760. The van der Waals surface area contributed by atoms with Gasteiger partial charge in [-0.05, 0) is 64.3 Å². The SMILES string of the molecule is CC1(C)[C@@H]2CC[C@@](C)(C2)[C@@H]1O[C@@H]1O[C@H](COCc2ccccc2)[C@@H](OCc2ccccc2)[C@H](OCc2ccccc2)[C@H]1OCc1ccccc1C#N. The van der Waals surface area contributed by atoms with Crippen molar-refractivity contribution in [1.82, 2.24) is 0 Å². The van der Waals surface area contributed by atoms with Crippen molar-refractivity contribution in [2.24, 2.45) is 16.7 Å². The molecule has 1 saturated heterocycles. The van der Waals surface area contributed by atoms with Gasteiger partial charge in [0.25, 0.3) is 0 Å². The molecule has 0 aromatic heterocycles. The summed E-state index contributed by atoms with van der Waals surface area (Å²) in [6.07, 6.45) is 0.350. The second-order valence-electron chi connectivity index (χ2n) is 15.5. The van der Waals surface area contributed by atoms with Gasteiger partial charge in [-0.15, -0.1) is 0 Å². The lowest BCUT2D eigenvalue weighted by Crippen LogP contribution is -2.63. The van der Waals surface area contributed by atoms with Crippen LogP contribution in [0.15, 0.2) is 115 Å². The van der Waals surface area contributed by atoms with Crippen LogP contribution < -0.4 is 0 Å². The van der Waals surface area contributed by atoms with Gasteiger partial charge in [0, 0.05) is 0 Å². The zero-order valence-corrected chi connectivity index (χ0v) is 30.6. The van der Waals surface area contributed by atoms with Gasteiger partial charge in [0.2, 0.25) is 0 Å². The van der Waals surface area contributed by atoms with Crippen molar-refractivity contribution in [1.29, 1.82) is 5.26 Å². The molecule has 272 valence electrons. The Morgan fingerprint density at radius 2 is 1.23 bits per heavy atom. The molecule has 4 aromatic carbocycles. The lowest BCUT2D eigenvalue weighted by Gasteiger charge is -2.50. The predicted octanol–water partition coefficient (Wildman–Crippen LogP) is 8.79. The highest BCUT2D eigenvalue weighted by Gasteiger charge is 2.62. The Labute approximate surface area is 308 Å². The van der Waals surface area contributed by atoms with Gasteiger partial charge in [-0.25, -0.2) is 0 Å². The summed E-state index contributed by atoms with van der Waals surface area (Å²) in [5.41, 5.74) is 4.55. The smallest absolute Gasteiger partial charge is 0.187 e. The van der Waals surface area contributed by atoms with E-state index < -0.39 is 30.7 Å². The fraction of sp³-hybridized carbons (Fsp3) is 0.444. The number of fused-ring (bicyclic) bond motifs is 2. The fourth-order valence-corrected chi connectivity index (χ4v) is 8.76. The van der Waals surface area contributed by atoms with E-state index in [2.05, 4.69) is 63.2 Å². The molecule has 1 heterocycles. The van der Waals surface area contributed by atoms with Gasteiger partial charge in [0.05, 0.1) is 50.8 Å². The molecule has 0 N–H and O–H groups in total. The molecule has 0 spiro atoms. The van der Waals surface area contributed by atoms with Crippen LogP contribution in [0.25, 0.3) is 0 Å². The lowest BCUT2D eigenvalue weighted by atomic mass is 9.70. The predicted molar refractivity (Wildman–Crippen MR) is 199 cm³/mol. The van der Waals surface area contributed by atoms with Crippen molar-refractivity contribution in [3.05, 3.63) is 143 Å². The molecule has 7 nitrogen and oxygen atoms in total. The van der Waals surface area contributed by atoms with Crippen molar-refractivity contribution in [2.45, 2.75) is 103 Å². The summed E-state index contributed by atoms with van der Waals surface area (Å²) < 4.78 is 41.3. The summed E-state index contributed by atoms with van der Waals surface area (Å²) in [6.45, 7) is 8.66. The molecule has 52 heavy (non-hydrogen) atoms. The Kier molecular flexibility index (Phi) is 11.5. The monoisotopic (exact) mass is 701 g/mol. The quantitative estimate of drug-likeness (QED) is 0.123. The first-order valence-corrected chi connectivity index (χ1v) is 18.7. The number of nitrogens with zero attached hydrogens (tertiary/aromatic N) is 1. The minimum Gasteiger partial charge on any atom is -0.374 e. The Morgan fingerprint density at radius 3 is 1.83 bits per heavy atom. The maximum atomic E-state index is 9.91. The zero-order valence-electron chi connectivity index (χ0n) is 30.6. The summed E-state index contributed by atoms with van der Waals surface area (Å²) >= 11 is 0. The highest BCUT2D eigenvalue weighted by molar-refractivity contribution is 5.36. The normalized spacial score (nSPS) is 29.2. The highest BCUT2D eigenvalue weighted by atomic mass is 16.7. The molecule has 0 unspecified atom stereocenters. The third kappa shape index (κ3) is 8.19. The number of benzene rings is 4. The second kappa shape index (κ2) is 16.4. The highest BCUT2D eigenvalue weighted by Crippen LogP contribution is 2.64. The van der Waals surface area contributed by atoms with Gasteiger partial charge in [0.1, 0.15) is 24.4 Å². The average molecular weight is 702 g/mol. The standard InChI is InChI=1S/C45H51NO6/c1-44(2)37-23-24-45(3,25-37)43(44)52-42-41(50-30-36-22-14-13-21-35(36)26-46)40(49-29-34-19-11-6-12-20-34)39(48-28-33-17-9-5-10-18-33)38(51-42)31-47-27-32-15-7-4-8-16-32/h4-22,37-43H,23-25,27-31H2,1-3H3/t37-,38-,39-,40+,41-,42+,43-,45+/m1/s1. The van der Waals surface area contributed by atoms with E-state index in [0.29, 0.717) is 31.3 Å². The van der Waals surface area contributed by atoms with E-state index in [4.69, 9.17) is 28.4 Å². The first-order valence-electron chi connectivity index (χ1n) is 18.7. The van der Waals surface area contributed by atoms with Crippen LogP contribution in [-0.2, 0) is 54.8 Å². The lowest BCUT2D eigenvalue weighted by molar-refractivity contribution is -0.348. The van der Waals surface area contributed by atoms with E-state index in [9.17, 15) is 5.26 Å². The molecular formula is C45H51NO6. The summed E-state index contributed by atoms with van der Waals surface area (Å²) in [6, 6.07) is 40.3. The third-order valence-electron chi connectivity index (χ3n) is 11.5. The van der Waals surface area contributed by atoms with Gasteiger partial charge < -0.3 is 28.4 Å². The number of hydrogen-bond acceptors (Lipinski definition) is 7. The van der Waals surface area contributed by atoms with Crippen LogP contribution in [0, 0.1) is 28.1 Å². The van der Waals surface area contributed by atoms with Crippen molar-refractivity contribution >= 4 is 0 Å². The van der Waals surface area contributed by atoms with Crippen LogP contribution in [0.5, 0.6) is 0 Å². The molecule has 3 aliphatic rings. The molecule has 7 heteroatoms. The van der Waals surface area contributed by atoms with Crippen molar-refractivity contribution in [2.75, 3.05) is 6.61 Å². The first kappa shape index (κ1) is 36.5. The number of nitriles is 1. The van der Waals surface area contributed by atoms with Crippen molar-refractivity contribution in [3.8, 4) is 6.07 Å². The van der Waals surface area contributed by atoms with E-state index in [1.54, 1.807) is 0 Å². The van der Waals surface area contributed by atoms with Gasteiger partial charge >= 0.3 is 0 Å². The van der Waals surface area contributed by atoms with Crippen LogP contribution in [0.4, 0.5) is 0 Å². The van der Waals surface area contributed by atoms with Gasteiger partial charge in [-0.3, -0.25) is 0 Å². The molecule has 2 aliphatic carbocycles. The van der Waals surface area contributed by atoms with E-state index in [1.165, 1.54) is 6.42 Å². The van der Waals surface area contributed by atoms with Crippen LogP contribution in [0.3, 0.4) is 0 Å². The molecule has 8 atom stereocenters. The molecule has 0 radical (unpaired) electrons. The topological polar surface area (TPSA) is 79.2 Å².